The molecule has 0 amide bonds. The van der Waals surface area contributed by atoms with Crippen molar-refractivity contribution >= 4 is 5.82 Å². The summed E-state index contributed by atoms with van der Waals surface area (Å²) in [6.07, 6.45) is 0. The number of H-pyrrole nitrogens is 2. The Bertz CT molecular complexity index is 721. The van der Waals surface area contributed by atoms with Crippen molar-refractivity contribution in [1.82, 2.24) is 15.2 Å². The largest absolute Gasteiger partial charge is 0.454 e. The van der Waals surface area contributed by atoms with Crippen molar-refractivity contribution in [3.8, 4) is 11.5 Å². The first-order valence-corrected chi connectivity index (χ1v) is 5.54. The lowest BCUT2D eigenvalue weighted by atomic mass is 10.2. The van der Waals surface area contributed by atoms with Crippen LogP contribution in [0.3, 0.4) is 0 Å². The fraction of sp³-hybridized carbons (Fsp3) is 0.182. The molecule has 1 aromatic heterocycles. The van der Waals surface area contributed by atoms with E-state index < -0.39 is 11.2 Å². The van der Waals surface area contributed by atoms with Crippen LogP contribution in [0, 0.1) is 0 Å². The van der Waals surface area contributed by atoms with Gasteiger partial charge in [0.1, 0.15) is 0 Å². The summed E-state index contributed by atoms with van der Waals surface area (Å²) in [4.78, 5) is 24.3. The first kappa shape index (κ1) is 11.3. The van der Waals surface area contributed by atoms with Gasteiger partial charge < -0.3 is 14.8 Å². The minimum absolute atomic E-state index is 0.0530. The summed E-state index contributed by atoms with van der Waals surface area (Å²) in [6.45, 7) is 0.589. The van der Waals surface area contributed by atoms with E-state index in [0.717, 1.165) is 5.56 Å². The molecule has 8 nitrogen and oxygen atoms in total. The lowest BCUT2D eigenvalue weighted by Gasteiger charge is -2.05. The van der Waals surface area contributed by atoms with Gasteiger partial charge in [-0.25, -0.2) is 9.89 Å². The zero-order chi connectivity index (χ0) is 13.2. The van der Waals surface area contributed by atoms with Crippen LogP contribution < -0.4 is 26.0 Å². The van der Waals surface area contributed by atoms with Crippen LogP contribution >= 0.6 is 0 Å². The third kappa shape index (κ3) is 2.28. The molecule has 19 heavy (non-hydrogen) atoms. The molecule has 98 valence electrons. The van der Waals surface area contributed by atoms with Gasteiger partial charge in [0.2, 0.25) is 12.6 Å². The maximum absolute atomic E-state index is 11.4. The molecule has 1 aromatic carbocycles. The highest BCUT2D eigenvalue weighted by Gasteiger charge is 2.13. The summed E-state index contributed by atoms with van der Waals surface area (Å²) >= 11 is 0. The van der Waals surface area contributed by atoms with E-state index in [1.165, 1.54) is 0 Å². The van der Waals surface area contributed by atoms with Crippen LogP contribution in [0.1, 0.15) is 5.56 Å². The minimum Gasteiger partial charge on any atom is -0.454 e. The van der Waals surface area contributed by atoms with E-state index in [1.54, 1.807) is 6.07 Å². The zero-order valence-corrected chi connectivity index (χ0v) is 9.73. The molecule has 0 atom stereocenters. The number of aromatic amines is 2. The number of ether oxygens (including phenoxy) is 2. The van der Waals surface area contributed by atoms with Crippen molar-refractivity contribution in [2.75, 3.05) is 12.1 Å². The Labute approximate surface area is 106 Å². The lowest BCUT2D eigenvalue weighted by Crippen LogP contribution is -2.26. The number of fused-ring (bicyclic) bond motifs is 1. The smallest absolute Gasteiger partial charge is 0.342 e. The van der Waals surface area contributed by atoms with Crippen molar-refractivity contribution in [3.63, 3.8) is 0 Å². The van der Waals surface area contributed by atoms with Gasteiger partial charge >= 0.3 is 5.69 Å². The molecule has 0 unspecified atom stereocenters. The number of hydrogen-bond donors (Lipinski definition) is 3. The van der Waals surface area contributed by atoms with Gasteiger partial charge in [-0.15, -0.1) is 5.10 Å². The molecule has 0 saturated heterocycles. The Morgan fingerprint density at radius 1 is 1.26 bits per heavy atom. The predicted octanol–water partition coefficient (Wildman–Crippen LogP) is -0.201. The molecule has 3 N–H and O–H groups in total. The molecule has 0 saturated carbocycles. The molecular weight excluding hydrogens is 252 g/mol. The Morgan fingerprint density at radius 2 is 2.11 bits per heavy atom. The number of rotatable bonds is 3. The molecule has 2 heterocycles. The van der Waals surface area contributed by atoms with E-state index in [1.807, 2.05) is 12.1 Å². The number of benzene rings is 1. The second-order valence-electron chi connectivity index (χ2n) is 3.90. The quantitative estimate of drug-likeness (QED) is 0.706. The molecule has 0 bridgehead atoms. The number of hydrogen-bond acceptors (Lipinski definition) is 6. The van der Waals surface area contributed by atoms with E-state index in [9.17, 15) is 9.59 Å². The van der Waals surface area contributed by atoms with Crippen molar-refractivity contribution in [2.45, 2.75) is 6.54 Å². The van der Waals surface area contributed by atoms with Crippen LogP contribution in [0.25, 0.3) is 0 Å². The van der Waals surface area contributed by atoms with Gasteiger partial charge in [0, 0.05) is 6.54 Å². The van der Waals surface area contributed by atoms with Gasteiger partial charge in [0.25, 0.3) is 5.56 Å². The van der Waals surface area contributed by atoms with E-state index in [4.69, 9.17) is 9.47 Å². The average molecular weight is 262 g/mol. The Morgan fingerprint density at radius 3 is 2.95 bits per heavy atom. The fourth-order valence-corrected chi connectivity index (χ4v) is 1.70. The van der Waals surface area contributed by atoms with E-state index in [2.05, 4.69) is 20.5 Å². The van der Waals surface area contributed by atoms with Crippen molar-refractivity contribution < 1.29 is 9.47 Å². The summed E-state index contributed by atoms with van der Waals surface area (Å²) in [7, 11) is 0. The van der Waals surface area contributed by atoms with Gasteiger partial charge in [0.05, 0.1) is 0 Å². The topological polar surface area (TPSA) is 109 Å². The van der Waals surface area contributed by atoms with Crippen LogP contribution in [0.2, 0.25) is 0 Å². The number of nitrogens with zero attached hydrogens (tertiary/aromatic N) is 1. The van der Waals surface area contributed by atoms with Crippen molar-refractivity contribution in [3.05, 3.63) is 44.6 Å². The molecular formula is C11H10N4O4. The lowest BCUT2D eigenvalue weighted by molar-refractivity contribution is 0.174. The van der Waals surface area contributed by atoms with Crippen molar-refractivity contribution in [1.29, 1.82) is 0 Å². The molecule has 1 aliphatic heterocycles. The maximum Gasteiger partial charge on any atom is 0.342 e. The van der Waals surface area contributed by atoms with Gasteiger partial charge in [-0.2, -0.15) is 0 Å². The molecule has 0 spiro atoms. The number of anilines is 1. The van der Waals surface area contributed by atoms with Crippen molar-refractivity contribution in [2.24, 2.45) is 0 Å². The van der Waals surface area contributed by atoms with E-state index in [0.29, 0.717) is 18.0 Å². The standard InChI is InChI=1S/C11H10N4O4/c16-10-9(14-15-11(17)13-10)12-4-6-1-2-7-8(3-6)19-5-18-7/h1-3H,4-5H2,(H,12,14)(H2,13,15,16,17). The molecule has 2 aromatic rings. The second-order valence-corrected chi connectivity index (χ2v) is 3.90. The number of nitrogens with one attached hydrogen (secondary N) is 3. The van der Waals surface area contributed by atoms with Crippen LogP contribution in [-0.4, -0.2) is 22.0 Å². The molecule has 3 rings (SSSR count). The Kier molecular flexibility index (Phi) is 2.67. The first-order chi connectivity index (χ1) is 9.22. The van der Waals surface area contributed by atoms with Gasteiger partial charge in [-0.3, -0.25) is 9.78 Å². The SMILES string of the molecule is O=c1[nH]nc(NCc2ccc3c(c2)OCO3)c(=O)[nH]1. The van der Waals surface area contributed by atoms with Gasteiger partial charge in [0.15, 0.2) is 11.5 Å². The fourth-order valence-electron chi connectivity index (χ4n) is 1.70. The summed E-state index contributed by atoms with van der Waals surface area (Å²) < 4.78 is 10.4. The second kappa shape index (κ2) is 4.48. The van der Waals surface area contributed by atoms with Crippen LogP contribution in [0.4, 0.5) is 5.82 Å². The molecule has 0 fully saturated rings. The van der Waals surface area contributed by atoms with Crippen LogP contribution in [-0.2, 0) is 6.54 Å². The average Bonchev–Trinajstić information content (AvgIpc) is 2.85. The molecule has 1 aliphatic rings. The first-order valence-electron chi connectivity index (χ1n) is 5.54. The summed E-state index contributed by atoms with van der Waals surface area (Å²) in [6, 6.07) is 5.46. The number of aromatic nitrogens is 3. The highest BCUT2D eigenvalue weighted by Crippen LogP contribution is 2.32. The molecule has 0 aliphatic carbocycles. The van der Waals surface area contributed by atoms with Gasteiger partial charge in [-0.05, 0) is 17.7 Å². The molecule has 8 heteroatoms. The van der Waals surface area contributed by atoms with E-state index in [-0.39, 0.29) is 12.6 Å². The summed E-state index contributed by atoms with van der Waals surface area (Å²) in [5.41, 5.74) is -0.306. The van der Waals surface area contributed by atoms with Crippen LogP contribution in [0.5, 0.6) is 11.5 Å². The van der Waals surface area contributed by atoms with Gasteiger partial charge in [-0.1, -0.05) is 6.07 Å². The zero-order valence-electron chi connectivity index (χ0n) is 9.73. The monoisotopic (exact) mass is 262 g/mol. The highest BCUT2D eigenvalue weighted by molar-refractivity contribution is 5.45. The third-order valence-corrected chi connectivity index (χ3v) is 2.61. The third-order valence-electron chi connectivity index (χ3n) is 2.61. The maximum atomic E-state index is 11.4. The van der Waals surface area contributed by atoms with E-state index >= 15 is 0 Å². The normalized spacial score (nSPS) is 12.4. The molecule has 0 radical (unpaired) electrons. The van der Waals surface area contributed by atoms with Crippen LogP contribution in [0.15, 0.2) is 27.8 Å². The minimum atomic E-state index is -0.640. The summed E-state index contributed by atoms with van der Waals surface area (Å²) in [5, 5.41) is 8.59. The predicted molar refractivity (Wildman–Crippen MR) is 65.4 cm³/mol. The Hall–Kier alpha value is -2.77. The Balaban J connectivity index is 1.75. The highest BCUT2D eigenvalue weighted by atomic mass is 16.7. The summed E-state index contributed by atoms with van der Waals surface area (Å²) in [5.74, 6) is 1.42.